The molecule has 0 bridgehead atoms. The average Bonchev–Trinajstić information content (AvgIpc) is 3.01. The molecule has 1 aliphatic carbocycles. The highest BCUT2D eigenvalue weighted by molar-refractivity contribution is 6.07. The third kappa shape index (κ3) is 3.84. The molecule has 1 unspecified atom stereocenters. The lowest BCUT2D eigenvalue weighted by Crippen LogP contribution is -2.34. The Morgan fingerprint density at radius 1 is 1.22 bits per heavy atom. The molecule has 0 amide bonds. The zero-order valence-electron chi connectivity index (χ0n) is 13.2. The smallest absolute Gasteiger partial charge is 0.166 e. The van der Waals surface area contributed by atoms with Crippen molar-refractivity contribution in [2.45, 2.75) is 31.7 Å². The van der Waals surface area contributed by atoms with Crippen LogP contribution in [0.1, 0.15) is 24.8 Å². The topological polar surface area (TPSA) is 61.7 Å². The normalized spacial score (nSPS) is 18.1. The highest BCUT2D eigenvalue weighted by Gasteiger charge is 2.24. The van der Waals surface area contributed by atoms with Gasteiger partial charge in [-0.15, -0.1) is 0 Å². The second-order valence-corrected chi connectivity index (χ2v) is 5.98. The number of carbonyl (C=O) groups is 1. The number of nitrogens with zero attached hydrogens (tertiary/aromatic N) is 1. The molecule has 0 radical (unpaired) electrons. The molecule has 1 atom stereocenters. The number of nitrogens with one attached hydrogen (secondary N) is 1. The number of Topliss-reactive ketones (excluding diaryl/α,β-unsaturated/α-hetero) is 1. The maximum atomic E-state index is 11.8. The predicted molar refractivity (Wildman–Crippen MR) is 91.5 cm³/mol. The molecule has 1 aromatic carbocycles. The van der Waals surface area contributed by atoms with Crippen LogP contribution in [0.25, 0.3) is 0 Å². The van der Waals surface area contributed by atoms with Crippen molar-refractivity contribution in [1.29, 1.82) is 0 Å². The molecule has 1 heterocycles. The van der Waals surface area contributed by atoms with E-state index in [1.165, 1.54) is 5.56 Å². The maximum absolute atomic E-state index is 11.8. The minimum Gasteiger partial charge on any atom is -0.395 e. The molecule has 0 spiro atoms. The van der Waals surface area contributed by atoms with Crippen molar-refractivity contribution < 1.29 is 9.90 Å². The quantitative estimate of drug-likeness (QED) is 0.811. The zero-order chi connectivity index (χ0) is 16.1. The van der Waals surface area contributed by atoms with Gasteiger partial charge < -0.3 is 10.4 Å². The Morgan fingerprint density at radius 2 is 2.04 bits per heavy atom. The minimum atomic E-state index is 0.0454. The van der Waals surface area contributed by atoms with Crippen molar-refractivity contribution in [1.82, 2.24) is 5.32 Å². The molecule has 23 heavy (non-hydrogen) atoms. The Morgan fingerprint density at radius 3 is 2.83 bits per heavy atom. The molecule has 0 saturated heterocycles. The third-order valence-electron chi connectivity index (χ3n) is 4.40. The first kappa shape index (κ1) is 15.8. The van der Waals surface area contributed by atoms with E-state index in [2.05, 4.69) is 28.5 Å². The summed E-state index contributed by atoms with van der Waals surface area (Å²) < 4.78 is 0. The number of ketones is 1. The van der Waals surface area contributed by atoms with Gasteiger partial charge in [-0.25, -0.2) is 0 Å². The van der Waals surface area contributed by atoms with Crippen LogP contribution in [-0.4, -0.2) is 36.3 Å². The zero-order valence-corrected chi connectivity index (χ0v) is 13.2. The number of aliphatic hydroxyl groups excluding tert-OH is 1. The molecular formula is C19H22N2O2. The predicted octanol–water partition coefficient (Wildman–Crippen LogP) is 2.20. The van der Waals surface area contributed by atoms with Gasteiger partial charge in [-0.1, -0.05) is 36.4 Å². The lowest BCUT2D eigenvalue weighted by atomic mass is 10.0. The second-order valence-electron chi connectivity index (χ2n) is 5.98. The van der Waals surface area contributed by atoms with Crippen molar-refractivity contribution in [3.05, 3.63) is 58.8 Å². The van der Waals surface area contributed by atoms with Gasteiger partial charge in [0.2, 0.25) is 0 Å². The van der Waals surface area contributed by atoms with E-state index in [0.29, 0.717) is 19.4 Å². The van der Waals surface area contributed by atoms with E-state index in [4.69, 9.17) is 0 Å². The molecule has 1 aliphatic heterocycles. The van der Waals surface area contributed by atoms with Crippen molar-refractivity contribution in [3.63, 3.8) is 0 Å². The van der Waals surface area contributed by atoms with Gasteiger partial charge in [0.05, 0.1) is 12.3 Å². The van der Waals surface area contributed by atoms with E-state index >= 15 is 0 Å². The average molecular weight is 310 g/mol. The van der Waals surface area contributed by atoms with Crippen LogP contribution in [0.2, 0.25) is 0 Å². The van der Waals surface area contributed by atoms with E-state index < -0.39 is 0 Å². The molecule has 3 rings (SSSR count). The van der Waals surface area contributed by atoms with Gasteiger partial charge in [0.1, 0.15) is 0 Å². The molecule has 1 aromatic rings. The van der Waals surface area contributed by atoms with Gasteiger partial charge in [0.25, 0.3) is 0 Å². The number of allylic oxidation sites excluding steroid dienone is 2. The molecule has 0 saturated carbocycles. The van der Waals surface area contributed by atoms with Gasteiger partial charge >= 0.3 is 0 Å². The van der Waals surface area contributed by atoms with Crippen LogP contribution < -0.4 is 5.32 Å². The number of aliphatic hydroxyl groups is 1. The fraction of sp³-hybridized carbons (Fsp3) is 0.368. The van der Waals surface area contributed by atoms with E-state index in [-0.39, 0.29) is 18.4 Å². The Hall–Kier alpha value is -2.04. The SMILES string of the molecule is O=C1CC=NC2=C1CC=C2CNC(CO)CCc1ccccc1. The largest absolute Gasteiger partial charge is 0.395 e. The number of rotatable bonds is 7. The lowest BCUT2D eigenvalue weighted by Gasteiger charge is -2.18. The Kier molecular flexibility index (Phi) is 5.16. The van der Waals surface area contributed by atoms with E-state index in [1.807, 2.05) is 18.2 Å². The van der Waals surface area contributed by atoms with Crippen LogP contribution in [0.5, 0.6) is 0 Å². The molecule has 120 valence electrons. The number of hydrogen-bond acceptors (Lipinski definition) is 4. The molecule has 0 aromatic heterocycles. The minimum absolute atomic E-state index is 0.0454. The number of aryl methyl sites for hydroxylation is 1. The van der Waals surface area contributed by atoms with Crippen molar-refractivity contribution in [2.75, 3.05) is 13.2 Å². The molecule has 4 heteroatoms. The van der Waals surface area contributed by atoms with E-state index in [9.17, 15) is 9.90 Å². The summed E-state index contributed by atoms with van der Waals surface area (Å²) in [5.41, 5.74) is 4.03. The van der Waals surface area contributed by atoms with Crippen LogP contribution in [-0.2, 0) is 11.2 Å². The first-order chi connectivity index (χ1) is 11.3. The second kappa shape index (κ2) is 7.49. The lowest BCUT2D eigenvalue weighted by molar-refractivity contribution is -0.114. The standard InChI is InChI=1S/C19H22N2O2/c22-13-16(8-6-14-4-2-1-3-5-14)21-12-15-7-9-17-18(23)10-11-20-19(15)17/h1-5,7,11,16,21-22H,6,8-10,12-13H2. The van der Waals surface area contributed by atoms with Crippen LogP contribution >= 0.6 is 0 Å². The number of benzene rings is 1. The Labute approximate surface area is 136 Å². The first-order valence-corrected chi connectivity index (χ1v) is 8.14. The van der Waals surface area contributed by atoms with Crippen molar-refractivity contribution in [2.24, 2.45) is 4.99 Å². The summed E-state index contributed by atoms with van der Waals surface area (Å²) in [5.74, 6) is 0.184. The van der Waals surface area contributed by atoms with Crippen LogP contribution in [0.15, 0.2) is 58.2 Å². The monoisotopic (exact) mass is 310 g/mol. The highest BCUT2D eigenvalue weighted by atomic mass is 16.3. The van der Waals surface area contributed by atoms with Gasteiger partial charge in [-0.05, 0) is 30.4 Å². The molecular weight excluding hydrogens is 288 g/mol. The summed E-state index contributed by atoms with van der Waals surface area (Å²) in [6.07, 6.45) is 6.69. The number of hydrogen-bond donors (Lipinski definition) is 2. The molecule has 2 N–H and O–H groups in total. The first-order valence-electron chi connectivity index (χ1n) is 8.14. The van der Waals surface area contributed by atoms with E-state index in [1.54, 1.807) is 6.21 Å². The summed E-state index contributed by atoms with van der Waals surface area (Å²) in [7, 11) is 0. The third-order valence-corrected chi connectivity index (χ3v) is 4.40. The Balaban J connectivity index is 1.53. The molecule has 2 aliphatic rings. The van der Waals surface area contributed by atoms with Crippen molar-refractivity contribution in [3.8, 4) is 0 Å². The van der Waals surface area contributed by atoms with Gasteiger partial charge in [-0.2, -0.15) is 0 Å². The van der Waals surface area contributed by atoms with Gasteiger partial charge in [0, 0.05) is 30.8 Å². The summed E-state index contributed by atoms with van der Waals surface area (Å²) in [6, 6.07) is 10.3. The summed E-state index contributed by atoms with van der Waals surface area (Å²) in [4.78, 5) is 16.2. The maximum Gasteiger partial charge on any atom is 0.166 e. The number of aliphatic imine (C=N–C) groups is 1. The molecule has 0 fully saturated rings. The fourth-order valence-corrected chi connectivity index (χ4v) is 3.02. The van der Waals surface area contributed by atoms with Crippen LogP contribution in [0.4, 0.5) is 0 Å². The summed E-state index contributed by atoms with van der Waals surface area (Å²) in [5, 5.41) is 13.0. The summed E-state index contributed by atoms with van der Waals surface area (Å²) >= 11 is 0. The number of carbonyl (C=O) groups excluding carboxylic acids is 1. The van der Waals surface area contributed by atoms with Crippen LogP contribution in [0.3, 0.4) is 0 Å². The fourth-order valence-electron chi connectivity index (χ4n) is 3.02. The van der Waals surface area contributed by atoms with Gasteiger partial charge in [0.15, 0.2) is 5.78 Å². The van der Waals surface area contributed by atoms with Crippen LogP contribution in [0, 0.1) is 0 Å². The van der Waals surface area contributed by atoms with E-state index in [0.717, 1.165) is 29.7 Å². The van der Waals surface area contributed by atoms with Gasteiger partial charge in [-0.3, -0.25) is 9.79 Å². The summed E-state index contributed by atoms with van der Waals surface area (Å²) in [6.45, 7) is 0.748. The molecule has 4 nitrogen and oxygen atoms in total. The Bertz CT molecular complexity index is 659. The van der Waals surface area contributed by atoms with Crippen molar-refractivity contribution >= 4 is 12.0 Å². The highest BCUT2D eigenvalue weighted by Crippen LogP contribution is 2.30.